The van der Waals surface area contributed by atoms with E-state index in [2.05, 4.69) is 27.8 Å². The number of rotatable bonds is 7. The average molecular weight is 342 g/mol. The maximum atomic E-state index is 11.5. The molecule has 1 fully saturated rings. The fourth-order valence-corrected chi connectivity index (χ4v) is 2.86. The average Bonchev–Trinajstić information content (AvgIpc) is 3.24. The Balaban J connectivity index is 2.33. The first-order valence-corrected chi connectivity index (χ1v) is 7.62. The molecule has 0 bridgehead atoms. The highest BCUT2D eigenvalue weighted by Gasteiger charge is 2.33. The Hall–Kier alpha value is -1.07. The van der Waals surface area contributed by atoms with E-state index in [1.54, 1.807) is 13.2 Å². The van der Waals surface area contributed by atoms with Crippen LogP contribution in [0.1, 0.15) is 30.1 Å². The predicted octanol–water partition coefficient (Wildman–Crippen LogP) is 3.40. The van der Waals surface area contributed by atoms with E-state index in [-0.39, 0.29) is 0 Å². The number of carbonyl (C=O) groups is 1. The zero-order chi connectivity index (χ0) is 14.7. The largest absolute Gasteiger partial charge is 0.478 e. The van der Waals surface area contributed by atoms with Crippen LogP contribution in [0.4, 0.5) is 5.69 Å². The standard InChI is InChI=1S/C15H20BrNO3/c1-10(11-3-4-11)17(7-8-20-2)14-6-5-12(16)9-13(14)15(18)19/h5-6,9-11H,3-4,7-8H2,1-2H3,(H,18,19). The minimum Gasteiger partial charge on any atom is -0.478 e. The van der Waals surface area contributed by atoms with Gasteiger partial charge in [-0.1, -0.05) is 15.9 Å². The van der Waals surface area contributed by atoms with Crippen molar-refractivity contribution in [1.29, 1.82) is 0 Å². The topological polar surface area (TPSA) is 49.8 Å². The lowest BCUT2D eigenvalue weighted by molar-refractivity contribution is 0.0697. The number of carboxylic acid groups (broad SMARTS) is 1. The van der Waals surface area contributed by atoms with Crippen molar-refractivity contribution in [2.75, 3.05) is 25.2 Å². The number of hydrogen-bond donors (Lipinski definition) is 1. The molecule has 20 heavy (non-hydrogen) atoms. The molecule has 1 aromatic carbocycles. The Kier molecular flexibility index (Phi) is 5.05. The zero-order valence-corrected chi connectivity index (χ0v) is 13.4. The molecular formula is C15H20BrNO3. The van der Waals surface area contributed by atoms with Gasteiger partial charge in [0.15, 0.2) is 0 Å². The van der Waals surface area contributed by atoms with Crippen LogP contribution < -0.4 is 4.90 Å². The molecule has 1 saturated carbocycles. The van der Waals surface area contributed by atoms with Gasteiger partial charge in [0, 0.05) is 24.2 Å². The Morgan fingerprint density at radius 3 is 2.80 bits per heavy atom. The van der Waals surface area contributed by atoms with Crippen LogP contribution in [-0.4, -0.2) is 37.4 Å². The molecule has 1 atom stereocenters. The van der Waals surface area contributed by atoms with Crippen LogP contribution in [0, 0.1) is 5.92 Å². The van der Waals surface area contributed by atoms with Crippen molar-refractivity contribution in [3.05, 3.63) is 28.2 Å². The van der Waals surface area contributed by atoms with E-state index in [1.165, 1.54) is 12.8 Å². The van der Waals surface area contributed by atoms with Crippen molar-refractivity contribution in [2.24, 2.45) is 5.92 Å². The van der Waals surface area contributed by atoms with E-state index in [9.17, 15) is 9.90 Å². The molecule has 0 saturated heterocycles. The molecule has 1 aliphatic carbocycles. The number of ether oxygens (including phenoxy) is 1. The minimum absolute atomic E-state index is 0.336. The lowest BCUT2D eigenvalue weighted by Gasteiger charge is -2.32. The summed E-state index contributed by atoms with van der Waals surface area (Å²) in [5.41, 5.74) is 1.11. The summed E-state index contributed by atoms with van der Waals surface area (Å²) < 4.78 is 5.95. The summed E-state index contributed by atoms with van der Waals surface area (Å²) in [6.45, 7) is 3.46. The van der Waals surface area contributed by atoms with Gasteiger partial charge in [-0.2, -0.15) is 0 Å². The third kappa shape index (κ3) is 3.52. The molecule has 4 nitrogen and oxygen atoms in total. The van der Waals surface area contributed by atoms with Gasteiger partial charge in [-0.3, -0.25) is 0 Å². The lowest BCUT2D eigenvalue weighted by atomic mass is 10.1. The summed E-state index contributed by atoms with van der Waals surface area (Å²) in [4.78, 5) is 13.6. The zero-order valence-electron chi connectivity index (χ0n) is 11.8. The van der Waals surface area contributed by atoms with E-state index in [1.807, 2.05) is 12.1 Å². The van der Waals surface area contributed by atoms with Crippen LogP contribution in [0.15, 0.2) is 22.7 Å². The van der Waals surface area contributed by atoms with E-state index >= 15 is 0 Å². The molecule has 1 N–H and O–H groups in total. The second-order valence-corrected chi connectivity index (χ2v) is 6.15. The third-order valence-electron chi connectivity index (χ3n) is 3.83. The molecule has 0 aromatic heterocycles. The quantitative estimate of drug-likeness (QED) is 0.825. The first kappa shape index (κ1) is 15.3. The van der Waals surface area contributed by atoms with Crippen LogP contribution in [0.2, 0.25) is 0 Å². The number of methoxy groups -OCH3 is 1. The van der Waals surface area contributed by atoms with Crippen LogP contribution >= 0.6 is 15.9 Å². The molecule has 0 aliphatic heterocycles. The predicted molar refractivity (Wildman–Crippen MR) is 82.5 cm³/mol. The summed E-state index contributed by atoms with van der Waals surface area (Å²) in [5.74, 6) is -0.233. The Morgan fingerprint density at radius 2 is 2.25 bits per heavy atom. The number of aromatic carboxylic acids is 1. The molecule has 0 heterocycles. The van der Waals surface area contributed by atoms with Gasteiger partial charge in [0.1, 0.15) is 0 Å². The molecule has 1 aliphatic rings. The first-order chi connectivity index (χ1) is 9.54. The second-order valence-electron chi connectivity index (χ2n) is 5.23. The number of carboxylic acids is 1. The van der Waals surface area contributed by atoms with Gasteiger partial charge in [-0.05, 0) is 43.9 Å². The van der Waals surface area contributed by atoms with Gasteiger partial charge in [-0.25, -0.2) is 4.79 Å². The van der Waals surface area contributed by atoms with Crippen molar-refractivity contribution < 1.29 is 14.6 Å². The molecule has 0 radical (unpaired) electrons. The molecule has 5 heteroatoms. The van der Waals surface area contributed by atoms with Gasteiger partial charge in [0.05, 0.1) is 17.9 Å². The van der Waals surface area contributed by atoms with Crippen LogP contribution in [0.3, 0.4) is 0 Å². The fourth-order valence-electron chi connectivity index (χ4n) is 2.50. The number of nitrogens with zero attached hydrogens (tertiary/aromatic N) is 1. The molecule has 1 unspecified atom stereocenters. The Bertz CT molecular complexity index is 488. The minimum atomic E-state index is -0.897. The Labute approximate surface area is 127 Å². The van der Waals surface area contributed by atoms with E-state index in [0.29, 0.717) is 30.7 Å². The highest BCUT2D eigenvalue weighted by Crippen LogP contribution is 2.38. The molecule has 110 valence electrons. The van der Waals surface area contributed by atoms with Gasteiger partial charge < -0.3 is 14.7 Å². The van der Waals surface area contributed by atoms with Crippen molar-refractivity contribution >= 4 is 27.6 Å². The number of hydrogen-bond acceptors (Lipinski definition) is 3. The first-order valence-electron chi connectivity index (χ1n) is 6.83. The smallest absolute Gasteiger partial charge is 0.337 e. The summed E-state index contributed by atoms with van der Waals surface area (Å²) in [6.07, 6.45) is 2.45. The third-order valence-corrected chi connectivity index (χ3v) is 4.32. The molecule has 0 spiro atoms. The maximum Gasteiger partial charge on any atom is 0.337 e. The Morgan fingerprint density at radius 1 is 1.55 bits per heavy atom. The van der Waals surface area contributed by atoms with Crippen molar-refractivity contribution in [3.63, 3.8) is 0 Å². The van der Waals surface area contributed by atoms with E-state index in [4.69, 9.17) is 4.74 Å². The fraction of sp³-hybridized carbons (Fsp3) is 0.533. The maximum absolute atomic E-state index is 11.5. The summed E-state index contributed by atoms with van der Waals surface area (Å²) >= 11 is 3.34. The van der Waals surface area contributed by atoms with Crippen molar-refractivity contribution in [1.82, 2.24) is 0 Å². The van der Waals surface area contributed by atoms with Crippen LogP contribution in [0.25, 0.3) is 0 Å². The number of benzene rings is 1. The summed E-state index contributed by atoms with van der Waals surface area (Å²) in [7, 11) is 1.67. The normalized spacial score (nSPS) is 15.9. The van der Waals surface area contributed by atoms with E-state index < -0.39 is 5.97 Å². The van der Waals surface area contributed by atoms with Gasteiger partial charge in [-0.15, -0.1) is 0 Å². The SMILES string of the molecule is COCCN(c1ccc(Br)cc1C(=O)O)C(C)C1CC1. The van der Waals surface area contributed by atoms with Gasteiger partial charge in [0.25, 0.3) is 0 Å². The highest BCUT2D eigenvalue weighted by atomic mass is 79.9. The van der Waals surface area contributed by atoms with Crippen molar-refractivity contribution in [3.8, 4) is 0 Å². The van der Waals surface area contributed by atoms with Gasteiger partial charge >= 0.3 is 5.97 Å². The second kappa shape index (κ2) is 6.59. The highest BCUT2D eigenvalue weighted by molar-refractivity contribution is 9.10. The monoisotopic (exact) mass is 341 g/mol. The van der Waals surface area contributed by atoms with Gasteiger partial charge in [0.2, 0.25) is 0 Å². The molecule has 0 amide bonds. The van der Waals surface area contributed by atoms with Crippen LogP contribution in [0.5, 0.6) is 0 Å². The molecular weight excluding hydrogens is 322 g/mol. The van der Waals surface area contributed by atoms with E-state index in [0.717, 1.165) is 10.2 Å². The molecule has 2 rings (SSSR count). The van der Waals surface area contributed by atoms with Crippen LogP contribution in [-0.2, 0) is 4.74 Å². The van der Waals surface area contributed by atoms with Crippen molar-refractivity contribution in [2.45, 2.75) is 25.8 Å². The summed E-state index contributed by atoms with van der Waals surface area (Å²) in [6, 6.07) is 5.77. The number of halogens is 1. The lowest BCUT2D eigenvalue weighted by Crippen LogP contribution is -2.38. The number of anilines is 1. The molecule has 1 aromatic rings. The summed E-state index contributed by atoms with van der Waals surface area (Å²) in [5, 5.41) is 9.42.